The van der Waals surface area contributed by atoms with Gasteiger partial charge in [0.05, 0.1) is 19.8 Å². The molecule has 3 nitrogen and oxygen atoms in total. The number of benzene rings is 1. The van der Waals surface area contributed by atoms with Gasteiger partial charge in [0, 0.05) is 25.2 Å². The number of hydrogen-bond acceptors (Lipinski definition) is 3. The number of hydrogen-bond donors (Lipinski definition) is 0. The third-order valence-corrected chi connectivity index (χ3v) is 3.16. The van der Waals surface area contributed by atoms with Gasteiger partial charge in [-0.15, -0.1) is 0 Å². The lowest BCUT2D eigenvalue weighted by Gasteiger charge is -2.31. The molecular formula is C14H21NO2. The molecule has 0 saturated carbocycles. The molecule has 1 aromatic carbocycles. The van der Waals surface area contributed by atoms with E-state index in [1.807, 2.05) is 0 Å². The average Bonchev–Trinajstić information content (AvgIpc) is 2.29. The third kappa shape index (κ3) is 3.20. The first-order valence-corrected chi connectivity index (χ1v) is 6.16. The van der Waals surface area contributed by atoms with E-state index in [4.69, 9.17) is 9.47 Å². The van der Waals surface area contributed by atoms with Crippen molar-refractivity contribution in [3.05, 3.63) is 29.3 Å². The Balaban J connectivity index is 2.08. The first kappa shape index (κ1) is 12.4. The van der Waals surface area contributed by atoms with Crippen LogP contribution in [0.5, 0.6) is 5.75 Å². The number of methoxy groups -OCH3 is 1. The molecule has 0 aromatic heterocycles. The van der Waals surface area contributed by atoms with Crippen LogP contribution in [-0.4, -0.2) is 37.8 Å². The standard InChI is InChI=1S/C14H21NO2/c1-11-4-5-14(16-3)13(8-11)10-15-6-7-17-12(2)9-15/h4-5,8,12H,6-7,9-10H2,1-3H3/t12-/m0/s1. The van der Waals surface area contributed by atoms with Crippen molar-refractivity contribution in [2.75, 3.05) is 26.8 Å². The summed E-state index contributed by atoms with van der Waals surface area (Å²) < 4.78 is 11.0. The topological polar surface area (TPSA) is 21.7 Å². The number of aryl methyl sites for hydroxylation is 1. The Morgan fingerprint density at radius 1 is 1.47 bits per heavy atom. The van der Waals surface area contributed by atoms with E-state index in [2.05, 4.69) is 36.9 Å². The molecule has 0 aliphatic carbocycles. The van der Waals surface area contributed by atoms with Crippen LogP contribution in [0, 0.1) is 6.92 Å². The van der Waals surface area contributed by atoms with E-state index in [0.29, 0.717) is 6.10 Å². The van der Waals surface area contributed by atoms with Crippen molar-refractivity contribution in [3.63, 3.8) is 0 Å². The molecule has 1 aliphatic heterocycles. The van der Waals surface area contributed by atoms with E-state index < -0.39 is 0 Å². The SMILES string of the molecule is COc1ccc(C)cc1CN1CCO[C@@H](C)C1. The predicted octanol–water partition coefficient (Wildman–Crippen LogP) is 2.22. The molecule has 0 amide bonds. The first-order valence-electron chi connectivity index (χ1n) is 6.16. The van der Waals surface area contributed by atoms with Gasteiger partial charge in [0.2, 0.25) is 0 Å². The lowest BCUT2D eigenvalue weighted by molar-refractivity contribution is -0.0214. The summed E-state index contributed by atoms with van der Waals surface area (Å²) in [5.74, 6) is 0.981. The molecule has 1 saturated heterocycles. The van der Waals surface area contributed by atoms with Crippen LogP contribution in [0.4, 0.5) is 0 Å². The van der Waals surface area contributed by atoms with Crippen molar-refractivity contribution in [2.45, 2.75) is 26.5 Å². The lowest BCUT2D eigenvalue weighted by Crippen LogP contribution is -2.40. The largest absolute Gasteiger partial charge is 0.496 e. The highest BCUT2D eigenvalue weighted by Gasteiger charge is 2.17. The molecule has 94 valence electrons. The van der Waals surface area contributed by atoms with E-state index in [1.54, 1.807) is 7.11 Å². The van der Waals surface area contributed by atoms with Crippen LogP contribution in [0.3, 0.4) is 0 Å². The summed E-state index contributed by atoms with van der Waals surface area (Å²) in [6.07, 6.45) is 0.333. The van der Waals surface area contributed by atoms with Gasteiger partial charge in [0.25, 0.3) is 0 Å². The molecule has 1 aliphatic rings. The van der Waals surface area contributed by atoms with E-state index in [1.165, 1.54) is 11.1 Å². The van der Waals surface area contributed by atoms with Gasteiger partial charge in [-0.1, -0.05) is 17.7 Å². The molecule has 2 rings (SSSR count). The molecule has 0 spiro atoms. The van der Waals surface area contributed by atoms with Crippen molar-refractivity contribution in [1.82, 2.24) is 4.90 Å². The summed E-state index contributed by atoms with van der Waals surface area (Å²) >= 11 is 0. The second-order valence-corrected chi connectivity index (χ2v) is 4.73. The summed E-state index contributed by atoms with van der Waals surface area (Å²) in [5.41, 5.74) is 2.55. The summed E-state index contributed by atoms with van der Waals surface area (Å²) in [6.45, 7) is 8.01. The van der Waals surface area contributed by atoms with Gasteiger partial charge >= 0.3 is 0 Å². The molecule has 0 unspecified atom stereocenters. The van der Waals surface area contributed by atoms with Crippen LogP contribution in [0.25, 0.3) is 0 Å². The average molecular weight is 235 g/mol. The van der Waals surface area contributed by atoms with Crippen LogP contribution in [0.1, 0.15) is 18.1 Å². The Labute approximate surface area is 103 Å². The summed E-state index contributed by atoms with van der Waals surface area (Å²) in [5, 5.41) is 0. The van der Waals surface area contributed by atoms with Gasteiger partial charge in [-0.2, -0.15) is 0 Å². The minimum atomic E-state index is 0.333. The van der Waals surface area contributed by atoms with E-state index in [9.17, 15) is 0 Å². The maximum Gasteiger partial charge on any atom is 0.123 e. The zero-order valence-corrected chi connectivity index (χ0v) is 10.9. The second kappa shape index (κ2) is 5.52. The van der Waals surface area contributed by atoms with Gasteiger partial charge in [0.15, 0.2) is 0 Å². The number of ether oxygens (including phenoxy) is 2. The second-order valence-electron chi connectivity index (χ2n) is 4.73. The maximum atomic E-state index is 5.55. The quantitative estimate of drug-likeness (QED) is 0.802. The van der Waals surface area contributed by atoms with Crippen molar-refractivity contribution >= 4 is 0 Å². The summed E-state index contributed by atoms with van der Waals surface area (Å²) in [6, 6.07) is 6.35. The minimum absolute atomic E-state index is 0.333. The highest BCUT2D eigenvalue weighted by atomic mass is 16.5. The normalized spacial score (nSPS) is 21.5. The highest BCUT2D eigenvalue weighted by Crippen LogP contribution is 2.22. The summed E-state index contributed by atoms with van der Waals surface area (Å²) in [4.78, 5) is 2.42. The van der Waals surface area contributed by atoms with Gasteiger partial charge in [-0.25, -0.2) is 0 Å². The zero-order chi connectivity index (χ0) is 12.3. The fourth-order valence-corrected chi connectivity index (χ4v) is 2.31. The molecular weight excluding hydrogens is 214 g/mol. The molecule has 0 N–H and O–H groups in total. The number of rotatable bonds is 3. The van der Waals surface area contributed by atoms with E-state index >= 15 is 0 Å². The fourth-order valence-electron chi connectivity index (χ4n) is 2.31. The molecule has 1 aromatic rings. The highest BCUT2D eigenvalue weighted by molar-refractivity contribution is 5.36. The third-order valence-electron chi connectivity index (χ3n) is 3.16. The zero-order valence-electron chi connectivity index (χ0n) is 10.9. The summed E-state index contributed by atoms with van der Waals surface area (Å²) in [7, 11) is 1.73. The van der Waals surface area contributed by atoms with Crippen molar-refractivity contribution in [3.8, 4) is 5.75 Å². The molecule has 0 radical (unpaired) electrons. The molecule has 3 heteroatoms. The van der Waals surface area contributed by atoms with E-state index in [-0.39, 0.29) is 0 Å². The van der Waals surface area contributed by atoms with Crippen LogP contribution in [0.15, 0.2) is 18.2 Å². The maximum absolute atomic E-state index is 5.55. The van der Waals surface area contributed by atoms with Gasteiger partial charge in [0.1, 0.15) is 5.75 Å². The van der Waals surface area contributed by atoms with E-state index in [0.717, 1.165) is 32.0 Å². The number of morpholine rings is 1. The fraction of sp³-hybridized carbons (Fsp3) is 0.571. The minimum Gasteiger partial charge on any atom is -0.496 e. The molecule has 0 bridgehead atoms. The Hall–Kier alpha value is -1.06. The van der Waals surface area contributed by atoms with Crippen LogP contribution in [-0.2, 0) is 11.3 Å². The smallest absolute Gasteiger partial charge is 0.123 e. The van der Waals surface area contributed by atoms with Crippen molar-refractivity contribution in [2.24, 2.45) is 0 Å². The van der Waals surface area contributed by atoms with Crippen LogP contribution >= 0.6 is 0 Å². The van der Waals surface area contributed by atoms with Crippen molar-refractivity contribution < 1.29 is 9.47 Å². The number of nitrogens with zero attached hydrogens (tertiary/aromatic N) is 1. The lowest BCUT2D eigenvalue weighted by atomic mass is 10.1. The Morgan fingerprint density at radius 3 is 3.00 bits per heavy atom. The molecule has 17 heavy (non-hydrogen) atoms. The Morgan fingerprint density at radius 2 is 2.29 bits per heavy atom. The molecule has 1 fully saturated rings. The van der Waals surface area contributed by atoms with Crippen LogP contribution in [0.2, 0.25) is 0 Å². The Bertz CT molecular complexity index is 378. The monoisotopic (exact) mass is 235 g/mol. The van der Waals surface area contributed by atoms with Gasteiger partial charge < -0.3 is 9.47 Å². The first-order chi connectivity index (χ1) is 8.19. The van der Waals surface area contributed by atoms with Crippen molar-refractivity contribution in [1.29, 1.82) is 0 Å². The Kier molecular flexibility index (Phi) is 4.02. The van der Waals surface area contributed by atoms with Gasteiger partial charge in [-0.3, -0.25) is 4.90 Å². The van der Waals surface area contributed by atoms with Gasteiger partial charge in [-0.05, 0) is 19.9 Å². The molecule has 1 atom stereocenters. The molecule has 1 heterocycles. The van der Waals surface area contributed by atoms with Crippen LogP contribution < -0.4 is 4.74 Å². The predicted molar refractivity (Wildman–Crippen MR) is 68.4 cm³/mol.